The first-order chi connectivity index (χ1) is 33.5. The molecule has 0 fully saturated rings. The van der Waals surface area contributed by atoms with Crippen molar-refractivity contribution in [1.29, 1.82) is 0 Å². The van der Waals surface area contributed by atoms with E-state index in [-0.39, 0.29) is 38.0 Å². The second-order valence-corrected chi connectivity index (χ2v) is 18.4. The average molecular weight is 946 g/mol. The first kappa shape index (κ1) is 64.3. The van der Waals surface area contributed by atoms with Gasteiger partial charge in [-0.15, -0.1) is 0 Å². The van der Waals surface area contributed by atoms with Gasteiger partial charge in [-0.05, 0) is 70.6 Å². The molecular weight excluding hydrogens is 841 g/mol. The van der Waals surface area contributed by atoms with Crippen molar-refractivity contribution in [2.24, 2.45) is 0 Å². The van der Waals surface area contributed by atoms with Gasteiger partial charge >= 0.3 is 17.9 Å². The van der Waals surface area contributed by atoms with Crippen molar-refractivity contribution < 1.29 is 28.6 Å². The molecule has 0 spiro atoms. The molecular formula is C62H104O6. The van der Waals surface area contributed by atoms with Crippen molar-refractivity contribution in [2.75, 3.05) is 13.2 Å². The molecule has 6 heteroatoms. The zero-order valence-corrected chi connectivity index (χ0v) is 44.3. The van der Waals surface area contributed by atoms with Crippen molar-refractivity contribution in [3.63, 3.8) is 0 Å². The molecule has 6 nitrogen and oxygen atoms in total. The highest BCUT2D eigenvalue weighted by Gasteiger charge is 2.19. The van der Waals surface area contributed by atoms with Crippen LogP contribution in [-0.4, -0.2) is 37.2 Å². The Labute approximate surface area is 419 Å². The molecule has 0 radical (unpaired) electrons. The Balaban J connectivity index is 4.35. The summed E-state index contributed by atoms with van der Waals surface area (Å²) in [6.45, 7) is 6.29. The Morgan fingerprint density at radius 1 is 0.309 bits per heavy atom. The third kappa shape index (κ3) is 53.3. The van der Waals surface area contributed by atoms with Crippen LogP contribution in [0.4, 0.5) is 0 Å². The fourth-order valence-corrected chi connectivity index (χ4v) is 7.71. The van der Waals surface area contributed by atoms with E-state index in [4.69, 9.17) is 14.2 Å². The third-order valence-electron chi connectivity index (χ3n) is 11.9. The van der Waals surface area contributed by atoms with E-state index in [1.165, 1.54) is 135 Å². The average Bonchev–Trinajstić information content (AvgIpc) is 3.34. The predicted molar refractivity (Wildman–Crippen MR) is 293 cm³/mol. The topological polar surface area (TPSA) is 78.9 Å². The lowest BCUT2D eigenvalue weighted by atomic mass is 10.0. The molecule has 0 saturated carbocycles. The SMILES string of the molecule is CC/C=C\C/C=C\C/C=C\C/C=C\CCC(=O)OCC(COC(=O)CCCCCCCCCCCCCCCCCCCCCCCCCC)OC(=O)CC/C=C\C/C=C\C/C=C\C/C=C\CC. The van der Waals surface area contributed by atoms with E-state index in [9.17, 15) is 14.4 Å². The minimum absolute atomic E-state index is 0.127. The van der Waals surface area contributed by atoms with Crippen LogP contribution in [-0.2, 0) is 28.6 Å². The van der Waals surface area contributed by atoms with Crippen LogP contribution in [0.3, 0.4) is 0 Å². The first-order valence-electron chi connectivity index (χ1n) is 28.2. The number of esters is 3. The number of ether oxygens (including phenoxy) is 3. The molecule has 0 N–H and O–H groups in total. The van der Waals surface area contributed by atoms with Crippen molar-refractivity contribution in [3.8, 4) is 0 Å². The van der Waals surface area contributed by atoms with Gasteiger partial charge in [0.2, 0.25) is 0 Å². The highest BCUT2D eigenvalue weighted by molar-refractivity contribution is 5.71. The van der Waals surface area contributed by atoms with Gasteiger partial charge in [0.1, 0.15) is 13.2 Å². The minimum atomic E-state index is -0.843. The molecule has 0 bridgehead atoms. The lowest BCUT2D eigenvalue weighted by Crippen LogP contribution is -2.30. The van der Waals surface area contributed by atoms with Crippen LogP contribution in [0.25, 0.3) is 0 Å². The number of unbranched alkanes of at least 4 members (excludes halogenated alkanes) is 23. The summed E-state index contributed by atoms with van der Waals surface area (Å²) < 4.78 is 16.7. The number of carbonyl (C=O) groups excluding carboxylic acids is 3. The van der Waals surface area contributed by atoms with Gasteiger partial charge < -0.3 is 14.2 Å². The third-order valence-corrected chi connectivity index (χ3v) is 11.9. The van der Waals surface area contributed by atoms with E-state index in [0.29, 0.717) is 19.3 Å². The quantitative estimate of drug-likeness (QED) is 0.0262. The maximum Gasteiger partial charge on any atom is 0.306 e. The second-order valence-electron chi connectivity index (χ2n) is 18.4. The smallest absolute Gasteiger partial charge is 0.306 e. The monoisotopic (exact) mass is 945 g/mol. The zero-order chi connectivity index (χ0) is 49.3. The van der Waals surface area contributed by atoms with Gasteiger partial charge in [-0.2, -0.15) is 0 Å². The summed E-state index contributed by atoms with van der Waals surface area (Å²) in [4.78, 5) is 38.0. The molecule has 0 aromatic heterocycles. The van der Waals surface area contributed by atoms with Crippen LogP contribution >= 0.6 is 0 Å². The fourth-order valence-electron chi connectivity index (χ4n) is 7.71. The molecule has 0 aliphatic heterocycles. The molecule has 0 aromatic carbocycles. The van der Waals surface area contributed by atoms with Crippen LogP contribution in [0.1, 0.15) is 258 Å². The summed E-state index contributed by atoms with van der Waals surface area (Å²) >= 11 is 0. The van der Waals surface area contributed by atoms with Crippen LogP contribution in [0, 0.1) is 0 Å². The Morgan fingerprint density at radius 2 is 0.574 bits per heavy atom. The van der Waals surface area contributed by atoms with Gasteiger partial charge in [0.05, 0.1) is 0 Å². The number of hydrogen-bond acceptors (Lipinski definition) is 6. The predicted octanol–water partition coefficient (Wildman–Crippen LogP) is 18.9. The Kier molecular flexibility index (Phi) is 52.9. The highest BCUT2D eigenvalue weighted by Crippen LogP contribution is 2.16. The molecule has 0 saturated heterocycles. The summed E-state index contributed by atoms with van der Waals surface area (Å²) in [5.74, 6) is -1.09. The van der Waals surface area contributed by atoms with Crippen LogP contribution in [0.15, 0.2) is 97.2 Å². The molecule has 68 heavy (non-hydrogen) atoms. The number of carbonyl (C=O) groups is 3. The first-order valence-corrected chi connectivity index (χ1v) is 28.2. The minimum Gasteiger partial charge on any atom is -0.462 e. The van der Waals surface area contributed by atoms with Gasteiger partial charge in [-0.25, -0.2) is 0 Å². The van der Waals surface area contributed by atoms with Gasteiger partial charge in [-0.3, -0.25) is 14.4 Å². The largest absolute Gasteiger partial charge is 0.462 e. The normalized spacial score (nSPS) is 12.8. The number of allylic oxidation sites excluding steroid dienone is 16. The Bertz CT molecular complexity index is 1360. The van der Waals surface area contributed by atoms with Gasteiger partial charge in [0, 0.05) is 19.3 Å². The van der Waals surface area contributed by atoms with E-state index in [1.54, 1.807) is 0 Å². The van der Waals surface area contributed by atoms with Crippen LogP contribution in [0.5, 0.6) is 0 Å². The van der Waals surface area contributed by atoms with E-state index in [2.05, 4.69) is 93.7 Å². The molecule has 0 heterocycles. The summed E-state index contributed by atoms with van der Waals surface area (Å²) in [6.07, 6.45) is 74.5. The number of hydrogen-bond donors (Lipinski definition) is 0. The maximum atomic E-state index is 12.8. The number of rotatable bonds is 50. The van der Waals surface area contributed by atoms with Gasteiger partial charge in [0.25, 0.3) is 0 Å². The van der Waals surface area contributed by atoms with Gasteiger partial charge in [-0.1, -0.05) is 266 Å². The van der Waals surface area contributed by atoms with Crippen LogP contribution in [0.2, 0.25) is 0 Å². The fraction of sp³-hybridized carbons (Fsp3) is 0.694. The molecule has 0 amide bonds. The summed E-state index contributed by atoms with van der Waals surface area (Å²) in [5.41, 5.74) is 0. The Hall–Kier alpha value is -3.67. The highest BCUT2D eigenvalue weighted by atomic mass is 16.6. The van der Waals surface area contributed by atoms with E-state index < -0.39 is 12.1 Å². The van der Waals surface area contributed by atoms with Crippen molar-refractivity contribution in [1.82, 2.24) is 0 Å². The standard InChI is InChI=1S/C62H104O6/c1-4-7-10-13-16-19-22-25-26-27-28-29-30-31-32-33-34-35-38-40-43-46-49-52-55-61(64)67-58-59(68-62(65)56-53-50-47-44-41-37-24-21-18-15-12-9-6-3)57-66-60(63)54-51-48-45-42-39-36-23-20-17-14-11-8-5-2/h8-9,11-12,17-18,20-21,36-37,39,41,45,47-48,50,59H,4-7,10,13-16,19,22-35,38,40,42-44,46,49,51-58H2,1-3H3/b11-8-,12-9-,20-17-,21-18-,39-36-,41-37-,48-45-,50-47-. The summed E-state index contributed by atoms with van der Waals surface area (Å²) in [5, 5.41) is 0. The van der Waals surface area contributed by atoms with Crippen LogP contribution < -0.4 is 0 Å². The van der Waals surface area contributed by atoms with Crippen molar-refractivity contribution in [2.45, 2.75) is 264 Å². The van der Waals surface area contributed by atoms with E-state index in [0.717, 1.165) is 70.6 Å². The molecule has 0 aliphatic carbocycles. The lowest BCUT2D eigenvalue weighted by molar-refractivity contribution is -0.166. The molecule has 0 rings (SSSR count). The molecule has 0 aliphatic rings. The van der Waals surface area contributed by atoms with Gasteiger partial charge in [0.15, 0.2) is 6.10 Å². The maximum absolute atomic E-state index is 12.8. The molecule has 1 atom stereocenters. The molecule has 1 unspecified atom stereocenters. The lowest BCUT2D eigenvalue weighted by Gasteiger charge is -2.18. The van der Waals surface area contributed by atoms with Crippen molar-refractivity contribution >= 4 is 17.9 Å². The van der Waals surface area contributed by atoms with E-state index >= 15 is 0 Å². The molecule has 388 valence electrons. The Morgan fingerprint density at radius 3 is 0.897 bits per heavy atom. The zero-order valence-electron chi connectivity index (χ0n) is 44.3. The second kappa shape index (κ2) is 55.9. The summed E-state index contributed by atoms with van der Waals surface area (Å²) in [6, 6.07) is 0. The summed E-state index contributed by atoms with van der Waals surface area (Å²) in [7, 11) is 0. The molecule has 0 aromatic rings. The van der Waals surface area contributed by atoms with Crippen molar-refractivity contribution in [3.05, 3.63) is 97.2 Å². The van der Waals surface area contributed by atoms with E-state index in [1.807, 2.05) is 24.3 Å².